The van der Waals surface area contributed by atoms with E-state index in [0.717, 1.165) is 11.5 Å². The Balaban J connectivity index is 0.000001000. The first kappa shape index (κ1) is 12.0. The van der Waals surface area contributed by atoms with Gasteiger partial charge in [-0.25, -0.2) is 4.40 Å². The Bertz CT molecular complexity index is 639. The van der Waals surface area contributed by atoms with Crippen LogP contribution in [0.15, 0.2) is 46.9 Å². The number of nitrogens with zero attached hydrogens (tertiary/aromatic N) is 2. The summed E-state index contributed by atoms with van der Waals surface area (Å²) in [6, 6.07) is 17.8. The SMILES string of the molecule is [Ir].[c-]1cccc2c1N1[CH-]SN=C1c1ccccc1-2. The van der Waals surface area contributed by atoms with Gasteiger partial charge in [-0.1, -0.05) is 35.5 Å². The number of fused-ring (bicyclic) bond motifs is 6. The van der Waals surface area contributed by atoms with Crippen LogP contribution in [0.3, 0.4) is 0 Å². The molecule has 91 valence electrons. The molecule has 0 atom stereocenters. The standard InChI is InChI=1S/C14H8N2S.Ir/c1-2-7-12-10(5-1)11-6-3-4-8-13(11)16-9-17-15-14(12)16;/h1-7,9H;/q-2;. The Labute approximate surface area is 124 Å². The third kappa shape index (κ3) is 1.57. The van der Waals surface area contributed by atoms with E-state index in [2.05, 4.69) is 45.7 Å². The van der Waals surface area contributed by atoms with Crippen LogP contribution in [0, 0.1) is 11.9 Å². The monoisotopic (exact) mass is 429 g/mol. The van der Waals surface area contributed by atoms with Gasteiger partial charge in [0.05, 0.1) is 0 Å². The maximum Gasteiger partial charge on any atom is 0.114 e. The summed E-state index contributed by atoms with van der Waals surface area (Å²) >= 11 is 1.48. The van der Waals surface area contributed by atoms with Crippen molar-refractivity contribution in [3.05, 3.63) is 60.0 Å². The molecule has 0 aromatic heterocycles. The molecule has 2 aliphatic heterocycles. The molecule has 1 radical (unpaired) electrons. The zero-order chi connectivity index (χ0) is 11.2. The fraction of sp³-hybridized carbons (Fsp3) is 0. The zero-order valence-electron chi connectivity index (χ0n) is 9.25. The van der Waals surface area contributed by atoms with Crippen LogP contribution in [0.1, 0.15) is 5.56 Å². The van der Waals surface area contributed by atoms with Gasteiger partial charge >= 0.3 is 0 Å². The molecular weight excluding hydrogens is 420 g/mol. The van der Waals surface area contributed by atoms with Crippen molar-refractivity contribution in [2.75, 3.05) is 4.90 Å². The van der Waals surface area contributed by atoms with Crippen LogP contribution in [0.25, 0.3) is 11.1 Å². The molecule has 0 N–H and O–H groups in total. The van der Waals surface area contributed by atoms with Crippen LogP contribution in [0.4, 0.5) is 5.69 Å². The van der Waals surface area contributed by atoms with E-state index in [-0.39, 0.29) is 20.1 Å². The van der Waals surface area contributed by atoms with Gasteiger partial charge < -0.3 is 4.90 Å². The van der Waals surface area contributed by atoms with Gasteiger partial charge in [-0.3, -0.25) is 0 Å². The minimum absolute atomic E-state index is 0. The van der Waals surface area contributed by atoms with E-state index < -0.39 is 0 Å². The second-order valence-corrected chi connectivity index (χ2v) is 4.58. The second kappa shape index (κ2) is 4.54. The third-order valence-electron chi connectivity index (χ3n) is 3.05. The Hall–Kier alpha value is -1.09. The molecule has 0 bridgehead atoms. The first-order valence-electron chi connectivity index (χ1n) is 5.42. The molecule has 2 aliphatic rings. The molecule has 2 aromatic carbocycles. The molecule has 2 aromatic rings. The summed E-state index contributed by atoms with van der Waals surface area (Å²) in [6.45, 7) is 0. The van der Waals surface area contributed by atoms with Gasteiger partial charge in [0.1, 0.15) is 5.84 Å². The number of para-hydroxylation sites is 1. The normalized spacial score (nSPS) is 15.1. The molecule has 2 nitrogen and oxygen atoms in total. The number of rotatable bonds is 0. The predicted octanol–water partition coefficient (Wildman–Crippen LogP) is 3.50. The number of hydrogen-bond acceptors (Lipinski definition) is 3. The van der Waals surface area contributed by atoms with Gasteiger partial charge in [-0.2, -0.15) is 42.1 Å². The Kier molecular flexibility index (Phi) is 3.02. The third-order valence-corrected chi connectivity index (χ3v) is 3.64. The molecule has 0 saturated carbocycles. The molecule has 4 heteroatoms. The number of hydrogen-bond donors (Lipinski definition) is 0. The smallest absolute Gasteiger partial charge is 0.114 e. The van der Waals surface area contributed by atoms with Gasteiger partial charge in [-0.05, 0) is 0 Å². The van der Waals surface area contributed by atoms with Crippen molar-refractivity contribution in [1.82, 2.24) is 0 Å². The van der Waals surface area contributed by atoms with Gasteiger partial charge in [0.25, 0.3) is 0 Å². The van der Waals surface area contributed by atoms with Crippen molar-refractivity contribution in [2.24, 2.45) is 4.40 Å². The molecule has 2 heterocycles. The maximum absolute atomic E-state index is 4.48. The quantitative estimate of drug-likeness (QED) is 0.472. The fourth-order valence-corrected chi connectivity index (χ4v) is 2.94. The number of anilines is 1. The Morgan fingerprint density at radius 1 is 1.06 bits per heavy atom. The molecule has 0 amide bonds. The largest absolute Gasteiger partial charge is 0.486 e. The van der Waals surface area contributed by atoms with Gasteiger partial charge in [0.2, 0.25) is 0 Å². The van der Waals surface area contributed by atoms with E-state index in [9.17, 15) is 0 Å². The summed E-state index contributed by atoms with van der Waals surface area (Å²) in [5, 5.41) is 0. The zero-order valence-corrected chi connectivity index (χ0v) is 12.5. The van der Waals surface area contributed by atoms with Crippen LogP contribution in [-0.4, -0.2) is 5.84 Å². The summed E-state index contributed by atoms with van der Waals surface area (Å²) in [5.41, 5.74) is 4.75. The van der Waals surface area contributed by atoms with Gasteiger partial charge in [0.15, 0.2) is 0 Å². The van der Waals surface area contributed by atoms with Crippen molar-refractivity contribution in [2.45, 2.75) is 0 Å². The summed E-state index contributed by atoms with van der Waals surface area (Å²) in [7, 11) is 0. The van der Waals surface area contributed by atoms with Crippen LogP contribution in [0.5, 0.6) is 0 Å². The van der Waals surface area contributed by atoms with Crippen LogP contribution in [0.2, 0.25) is 0 Å². The topological polar surface area (TPSA) is 15.6 Å². The van der Waals surface area contributed by atoms with Crippen molar-refractivity contribution >= 4 is 23.5 Å². The average molecular weight is 429 g/mol. The summed E-state index contributed by atoms with van der Waals surface area (Å²) in [4.78, 5) is 2.11. The van der Waals surface area contributed by atoms with Crippen LogP contribution >= 0.6 is 11.9 Å². The van der Waals surface area contributed by atoms with E-state index >= 15 is 0 Å². The predicted molar refractivity (Wildman–Crippen MR) is 71.6 cm³/mol. The van der Waals surface area contributed by atoms with E-state index in [0.29, 0.717) is 0 Å². The fourth-order valence-electron chi connectivity index (χ4n) is 2.31. The molecule has 4 rings (SSSR count). The Morgan fingerprint density at radius 3 is 2.72 bits per heavy atom. The summed E-state index contributed by atoms with van der Waals surface area (Å²) in [5.74, 6) is 3.04. The van der Waals surface area contributed by atoms with Crippen LogP contribution < -0.4 is 4.90 Å². The van der Waals surface area contributed by atoms with E-state index in [4.69, 9.17) is 0 Å². The van der Waals surface area contributed by atoms with Crippen molar-refractivity contribution in [3.63, 3.8) is 0 Å². The van der Waals surface area contributed by atoms with Gasteiger partial charge in [0, 0.05) is 25.7 Å². The Morgan fingerprint density at radius 2 is 1.83 bits per heavy atom. The first-order chi connectivity index (χ1) is 8.45. The van der Waals surface area contributed by atoms with E-state index in [1.165, 1.54) is 28.6 Å². The molecule has 18 heavy (non-hydrogen) atoms. The van der Waals surface area contributed by atoms with Gasteiger partial charge in [-0.15, -0.1) is 5.56 Å². The molecular formula is C14H8IrN2S-2. The van der Waals surface area contributed by atoms with E-state index in [1.54, 1.807) is 0 Å². The minimum Gasteiger partial charge on any atom is -0.486 e. The van der Waals surface area contributed by atoms with Crippen LogP contribution in [-0.2, 0) is 20.1 Å². The number of benzene rings is 2. The maximum atomic E-state index is 4.48. The second-order valence-electron chi connectivity index (χ2n) is 3.97. The molecule has 0 spiro atoms. The minimum atomic E-state index is 0. The first-order valence-corrected chi connectivity index (χ1v) is 6.26. The average Bonchev–Trinajstić information content (AvgIpc) is 2.89. The molecule has 0 unspecified atom stereocenters. The molecule has 0 aliphatic carbocycles. The number of amidine groups is 1. The summed E-state index contributed by atoms with van der Waals surface area (Å²) < 4.78 is 4.48. The van der Waals surface area contributed by atoms with Crippen molar-refractivity contribution < 1.29 is 20.1 Å². The van der Waals surface area contributed by atoms with Crippen molar-refractivity contribution in [3.8, 4) is 11.1 Å². The summed E-state index contributed by atoms with van der Waals surface area (Å²) in [6.07, 6.45) is 0. The molecule has 0 saturated heterocycles. The van der Waals surface area contributed by atoms with Crippen molar-refractivity contribution in [1.29, 1.82) is 0 Å². The molecule has 0 fully saturated rings. The van der Waals surface area contributed by atoms with E-state index in [1.807, 2.05) is 18.0 Å².